The molecular formula is C14H9BrF2N2OS. The van der Waals surface area contributed by atoms with E-state index in [1.807, 2.05) is 13.0 Å². The van der Waals surface area contributed by atoms with Gasteiger partial charge in [-0.05, 0) is 46.6 Å². The minimum atomic E-state index is -0.710. The summed E-state index contributed by atoms with van der Waals surface area (Å²) in [4.78, 5) is 0.766. The third kappa shape index (κ3) is 2.47. The van der Waals surface area contributed by atoms with E-state index < -0.39 is 11.6 Å². The number of halogens is 3. The second-order valence-corrected chi connectivity index (χ2v) is 6.83. The van der Waals surface area contributed by atoms with Gasteiger partial charge in [0, 0.05) is 11.6 Å². The van der Waals surface area contributed by atoms with Crippen LogP contribution < -0.4 is 5.73 Å². The molecule has 0 amide bonds. The number of nitrogen functional groups attached to an aromatic ring is 1. The van der Waals surface area contributed by atoms with Crippen LogP contribution in [0.3, 0.4) is 0 Å². The number of thiophene rings is 1. The van der Waals surface area contributed by atoms with E-state index in [-0.39, 0.29) is 11.4 Å². The number of nitrogens with two attached hydrogens (primary N) is 1. The summed E-state index contributed by atoms with van der Waals surface area (Å²) >= 11 is 4.86. The predicted octanol–water partition coefficient (Wildman–Crippen LogP) is 5.00. The lowest BCUT2D eigenvalue weighted by Gasteiger charge is -2.03. The van der Waals surface area contributed by atoms with Gasteiger partial charge in [-0.2, -0.15) is 0 Å². The van der Waals surface area contributed by atoms with E-state index in [9.17, 15) is 8.78 Å². The highest BCUT2D eigenvalue weighted by Crippen LogP contribution is 2.42. The molecule has 0 aliphatic carbocycles. The number of anilines is 1. The molecule has 0 unspecified atom stereocenters. The second-order valence-electron chi connectivity index (χ2n) is 4.46. The molecular weight excluding hydrogens is 362 g/mol. The molecule has 0 aliphatic rings. The van der Waals surface area contributed by atoms with Gasteiger partial charge in [-0.25, -0.2) is 8.78 Å². The topological polar surface area (TPSA) is 52.0 Å². The summed E-state index contributed by atoms with van der Waals surface area (Å²) in [6, 6.07) is 5.19. The molecule has 2 N–H and O–H groups in total. The Morgan fingerprint density at radius 2 is 2.05 bits per heavy atom. The lowest BCUT2D eigenvalue weighted by atomic mass is 10.0. The predicted molar refractivity (Wildman–Crippen MR) is 82.0 cm³/mol. The fourth-order valence-electron chi connectivity index (χ4n) is 1.99. The van der Waals surface area contributed by atoms with E-state index in [1.54, 1.807) is 0 Å². The van der Waals surface area contributed by atoms with Crippen molar-refractivity contribution in [2.75, 3.05) is 5.73 Å². The molecule has 0 spiro atoms. The molecule has 3 nitrogen and oxygen atoms in total. The van der Waals surface area contributed by atoms with Crippen LogP contribution in [0.15, 0.2) is 32.6 Å². The first kappa shape index (κ1) is 14.2. The number of hydrogen-bond donors (Lipinski definition) is 1. The quantitative estimate of drug-likeness (QED) is 0.690. The number of nitrogens with zero attached hydrogens (tertiary/aromatic N) is 1. The van der Waals surface area contributed by atoms with Gasteiger partial charge in [0.1, 0.15) is 11.6 Å². The van der Waals surface area contributed by atoms with E-state index in [0.29, 0.717) is 11.3 Å². The number of hydrogen-bond acceptors (Lipinski definition) is 4. The molecule has 2 aromatic heterocycles. The van der Waals surface area contributed by atoms with Gasteiger partial charge in [0.05, 0.1) is 14.2 Å². The molecule has 3 rings (SSSR count). The van der Waals surface area contributed by atoms with Crippen molar-refractivity contribution in [3.63, 3.8) is 0 Å². The Morgan fingerprint density at radius 1 is 1.29 bits per heavy atom. The van der Waals surface area contributed by atoms with E-state index in [0.717, 1.165) is 20.3 Å². The zero-order valence-corrected chi connectivity index (χ0v) is 13.2. The van der Waals surface area contributed by atoms with Crippen molar-refractivity contribution in [2.45, 2.75) is 6.92 Å². The van der Waals surface area contributed by atoms with E-state index in [1.165, 1.54) is 23.5 Å². The number of benzene rings is 1. The van der Waals surface area contributed by atoms with Crippen molar-refractivity contribution in [1.82, 2.24) is 5.16 Å². The summed E-state index contributed by atoms with van der Waals surface area (Å²) in [5.41, 5.74) is 7.31. The van der Waals surface area contributed by atoms with E-state index in [4.69, 9.17) is 10.3 Å². The summed E-state index contributed by atoms with van der Waals surface area (Å²) in [6.45, 7) is 1.93. The first-order valence-corrected chi connectivity index (χ1v) is 7.55. The largest absolute Gasteiger partial charge is 0.380 e. The van der Waals surface area contributed by atoms with Gasteiger partial charge in [-0.1, -0.05) is 5.16 Å². The van der Waals surface area contributed by atoms with Crippen LogP contribution in [0, 0.1) is 18.6 Å². The van der Waals surface area contributed by atoms with Crippen LogP contribution in [-0.2, 0) is 0 Å². The van der Waals surface area contributed by atoms with Gasteiger partial charge in [-0.3, -0.25) is 0 Å². The number of rotatable bonds is 2. The van der Waals surface area contributed by atoms with Crippen LogP contribution in [0.25, 0.3) is 21.8 Å². The third-order valence-electron chi connectivity index (χ3n) is 3.00. The molecule has 0 atom stereocenters. The molecule has 0 fully saturated rings. The molecule has 21 heavy (non-hydrogen) atoms. The van der Waals surface area contributed by atoms with Crippen molar-refractivity contribution in [3.05, 3.63) is 45.2 Å². The molecule has 2 heterocycles. The SMILES string of the molecule is Cc1cc(-c2onc(N)c2-c2ccc(F)cc2F)sc1Br. The molecule has 0 radical (unpaired) electrons. The van der Waals surface area contributed by atoms with Crippen molar-refractivity contribution in [3.8, 4) is 21.8 Å². The van der Waals surface area contributed by atoms with E-state index in [2.05, 4.69) is 21.1 Å². The summed E-state index contributed by atoms with van der Waals surface area (Å²) in [5, 5.41) is 3.71. The first-order valence-electron chi connectivity index (χ1n) is 5.94. The zero-order valence-electron chi connectivity index (χ0n) is 10.8. The highest BCUT2D eigenvalue weighted by Gasteiger charge is 2.22. The average molecular weight is 371 g/mol. The summed E-state index contributed by atoms with van der Waals surface area (Å²) in [7, 11) is 0. The van der Waals surface area contributed by atoms with Gasteiger partial charge in [0.2, 0.25) is 0 Å². The number of aromatic nitrogens is 1. The maximum absolute atomic E-state index is 14.0. The molecule has 1 aromatic carbocycles. The molecule has 0 aliphatic heterocycles. The van der Waals surface area contributed by atoms with Crippen LogP contribution in [0.2, 0.25) is 0 Å². The lowest BCUT2D eigenvalue weighted by Crippen LogP contribution is -1.92. The second kappa shape index (κ2) is 5.23. The Labute approximate surface area is 131 Å². The van der Waals surface area contributed by atoms with Gasteiger partial charge in [0.15, 0.2) is 11.6 Å². The lowest BCUT2D eigenvalue weighted by molar-refractivity contribution is 0.437. The monoisotopic (exact) mass is 370 g/mol. The van der Waals surface area contributed by atoms with E-state index >= 15 is 0 Å². The minimum Gasteiger partial charge on any atom is -0.380 e. The molecule has 7 heteroatoms. The van der Waals surface area contributed by atoms with Gasteiger partial charge < -0.3 is 10.3 Å². The Hall–Kier alpha value is -1.73. The number of aryl methyl sites for hydroxylation is 1. The van der Waals surface area contributed by atoms with Crippen LogP contribution in [0.5, 0.6) is 0 Å². The Balaban J connectivity index is 2.21. The molecule has 3 aromatic rings. The van der Waals surface area contributed by atoms with Gasteiger partial charge >= 0.3 is 0 Å². The Bertz CT molecular complexity index is 809. The van der Waals surface area contributed by atoms with Crippen LogP contribution in [-0.4, -0.2) is 5.16 Å². The highest BCUT2D eigenvalue weighted by molar-refractivity contribution is 9.11. The Morgan fingerprint density at radius 3 is 2.67 bits per heavy atom. The highest BCUT2D eigenvalue weighted by atomic mass is 79.9. The van der Waals surface area contributed by atoms with Gasteiger partial charge in [0.25, 0.3) is 0 Å². The standard InChI is InChI=1S/C14H9BrF2N2OS/c1-6-4-10(21-13(6)15)12-11(14(18)19-20-12)8-3-2-7(16)5-9(8)17/h2-5H,1H3,(H2,18,19). The van der Waals surface area contributed by atoms with Gasteiger partial charge in [-0.15, -0.1) is 11.3 Å². The summed E-state index contributed by atoms with van der Waals surface area (Å²) in [6.07, 6.45) is 0. The zero-order chi connectivity index (χ0) is 15.1. The third-order valence-corrected chi connectivity index (χ3v) is 5.14. The Kier molecular flexibility index (Phi) is 3.54. The fourth-order valence-corrected chi connectivity index (χ4v) is 3.51. The fraction of sp³-hybridized carbons (Fsp3) is 0.0714. The first-order chi connectivity index (χ1) is 9.97. The molecule has 0 bridgehead atoms. The van der Waals surface area contributed by atoms with Crippen molar-refractivity contribution < 1.29 is 13.3 Å². The van der Waals surface area contributed by atoms with Crippen molar-refractivity contribution in [2.24, 2.45) is 0 Å². The van der Waals surface area contributed by atoms with Crippen molar-refractivity contribution in [1.29, 1.82) is 0 Å². The molecule has 0 saturated heterocycles. The summed E-state index contributed by atoms with van der Waals surface area (Å²) in [5.74, 6) is -0.921. The van der Waals surface area contributed by atoms with Crippen LogP contribution >= 0.6 is 27.3 Å². The molecule has 108 valence electrons. The van der Waals surface area contributed by atoms with Crippen molar-refractivity contribution >= 4 is 33.1 Å². The maximum Gasteiger partial charge on any atom is 0.187 e. The normalized spacial score (nSPS) is 11.0. The van der Waals surface area contributed by atoms with Crippen LogP contribution in [0.4, 0.5) is 14.6 Å². The minimum absolute atomic E-state index is 0.0673. The smallest absolute Gasteiger partial charge is 0.187 e. The maximum atomic E-state index is 14.0. The van der Waals surface area contributed by atoms with Crippen LogP contribution in [0.1, 0.15) is 5.56 Å². The summed E-state index contributed by atoms with van der Waals surface area (Å²) < 4.78 is 33.2. The average Bonchev–Trinajstić information content (AvgIpc) is 2.94. The molecule has 0 saturated carbocycles.